The van der Waals surface area contributed by atoms with Gasteiger partial charge in [0.15, 0.2) is 0 Å². The molecule has 0 amide bonds. The highest BCUT2D eigenvalue weighted by Gasteiger charge is 2.30. The van der Waals surface area contributed by atoms with E-state index in [0.29, 0.717) is 36.0 Å². The molecule has 0 bridgehead atoms. The first-order valence-corrected chi connectivity index (χ1v) is 9.71. The number of fused-ring (bicyclic) bond motifs is 1. The number of halogens is 3. The standard InChI is InChI=1S/C22H24F3N3O/c1-2-27(14-11-17-7-5-8-18(15-17)22(23,24)25)12-6-13-28-16-26-20-10-4-3-9-19(20)21(28)29/h3-5,7-10,15-16H,2,6,11-14H2,1H3. The van der Waals surface area contributed by atoms with Crippen LogP contribution in [0.1, 0.15) is 24.5 Å². The Morgan fingerprint density at radius 1 is 1.07 bits per heavy atom. The zero-order chi connectivity index (χ0) is 20.9. The minimum Gasteiger partial charge on any atom is -0.303 e. The summed E-state index contributed by atoms with van der Waals surface area (Å²) in [4.78, 5) is 19.0. The van der Waals surface area contributed by atoms with Crippen molar-refractivity contribution in [2.75, 3.05) is 19.6 Å². The molecule has 0 aliphatic carbocycles. The second-order valence-electron chi connectivity index (χ2n) is 7.00. The molecule has 0 radical (unpaired) electrons. The summed E-state index contributed by atoms with van der Waals surface area (Å²) >= 11 is 0. The summed E-state index contributed by atoms with van der Waals surface area (Å²) < 4.78 is 40.2. The van der Waals surface area contributed by atoms with Crippen LogP contribution in [0.25, 0.3) is 10.9 Å². The lowest BCUT2D eigenvalue weighted by molar-refractivity contribution is -0.137. The van der Waals surface area contributed by atoms with E-state index >= 15 is 0 Å². The summed E-state index contributed by atoms with van der Waals surface area (Å²) in [7, 11) is 0. The van der Waals surface area contributed by atoms with Crippen LogP contribution in [-0.4, -0.2) is 34.1 Å². The van der Waals surface area contributed by atoms with Gasteiger partial charge in [-0.05, 0) is 49.7 Å². The molecule has 0 unspecified atom stereocenters. The number of nitrogens with zero attached hydrogens (tertiary/aromatic N) is 3. The van der Waals surface area contributed by atoms with Crippen molar-refractivity contribution in [3.8, 4) is 0 Å². The number of hydrogen-bond acceptors (Lipinski definition) is 3. The van der Waals surface area contributed by atoms with E-state index < -0.39 is 11.7 Å². The van der Waals surface area contributed by atoms with Gasteiger partial charge in [0.05, 0.1) is 22.8 Å². The molecule has 0 saturated heterocycles. The van der Waals surface area contributed by atoms with Gasteiger partial charge in [-0.2, -0.15) is 13.2 Å². The first-order chi connectivity index (χ1) is 13.9. The van der Waals surface area contributed by atoms with Gasteiger partial charge < -0.3 is 4.90 Å². The highest BCUT2D eigenvalue weighted by molar-refractivity contribution is 5.76. The first-order valence-electron chi connectivity index (χ1n) is 9.71. The third kappa shape index (κ3) is 5.44. The number of aryl methyl sites for hydroxylation is 1. The molecule has 0 aliphatic rings. The SMILES string of the molecule is CCN(CCCn1cnc2ccccc2c1=O)CCc1cccc(C(F)(F)F)c1. The van der Waals surface area contributed by atoms with Crippen molar-refractivity contribution in [3.05, 3.63) is 76.3 Å². The molecule has 0 atom stereocenters. The minimum absolute atomic E-state index is 0.0531. The van der Waals surface area contributed by atoms with Crippen LogP contribution in [0.2, 0.25) is 0 Å². The van der Waals surface area contributed by atoms with Crippen LogP contribution in [-0.2, 0) is 19.1 Å². The molecule has 4 nitrogen and oxygen atoms in total. The lowest BCUT2D eigenvalue weighted by Gasteiger charge is -2.21. The summed E-state index contributed by atoms with van der Waals surface area (Å²) in [6, 6.07) is 12.7. The molecule has 0 aliphatic heterocycles. The Labute approximate surface area is 167 Å². The molecular formula is C22H24F3N3O. The van der Waals surface area contributed by atoms with Crippen molar-refractivity contribution in [3.63, 3.8) is 0 Å². The van der Waals surface area contributed by atoms with Crippen LogP contribution < -0.4 is 5.56 Å². The summed E-state index contributed by atoms with van der Waals surface area (Å²) in [5.74, 6) is 0. The van der Waals surface area contributed by atoms with Crippen molar-refractivity contribution in [1.29, 1.82) is 0 Å². The van der Waals surface area contributed by atoms with Crippen LogP contribution in [0.5, 0.6) is 0 Å². The molecule has 1 heterocycles. The molecule has 3 aromatic rings. The normalized spacial score (nSPS) is 12.0. The zero-order valence-corrected chi connectivity index (χ0v) is 16.3. The third-order valence-corrected chi connectivity index (χ3v) is 5.02. The Morgan fingerprint density at radius 2 is 1.86 bits per heavy atom. The Balaban J connectivity index is 1.55. The highest BCUT2D eigenvalue weighted by Crippen LogP contribution is 2.29. The summed E-state index contributed by atoms with van der Waals surface area (Å²) in [5.41, 5.74) is 0.696. The van der Waals surface area contributed by atoms with E-state index in [1.807, 2.05) is 25.1 Å². The quantitative estimate of drug-likeness (QED) is 0.561. The lowest BCUT2D eigenvalue weighted by atomic mass is 10.1. The zero-order valence-electron chi connectivity index (χ0n) is 16.3. The first kappa shape index (κ1) is 21.0. The molecular weight excluding hydrogens is 379 g/mol. The number of para-hydroxylation sites is 1. The van der Waals surface area contributed by atoms with E-state index in [-0.39, 0.29) is 5.56 Å². The number of alkyl halides is 3. The van der Waals surface area contributed by atoms with Crippen molar-refractivity contribution >= 4 is 10.9 Å². The largest absolute Gasteiger partial charge is 0.416 e. The van der Waals surface area contributed by atoms with Gasteiger partial charge in [0.2, 0.25) is 0 Å². The molecule has 3 rings (SSSR count). The van der Waals surface area contributed by atoms with E-state index in [1.165, 1.54) is 12.1 Å². The van der Waals surface area contributed by atoms with Crippen molar-refractivity contribution in [1.82, 2.24) is 14.5 Å². The molecule has 2 aromatic carbocycles. The Hall–Kier alpha value is -2.67. The smallest absolute Gasteiger partial charge is 0.303 e. The van der Waals surface area contributed by atoms with Crippen LogP contribution in [0.4, 0.5) is 13.2 Å². The van der Waals surface area contributed by atoms with E-state index in [4.69, 9.17) is 0 Å². The third-order valence-electron chi connectivity index (χ3n) is 5.02. The van der Waals surface area contributed by atoms with E-state index in [1.54, 1.807) is 23.0 Å². The Bertz CT molecular complexity index is 1010. The van der Waals surface area contributed by atoms with Crippen LogP contribution >= 0.6 is 0 Å². The average Bonchev–Trinajstić information content (AvgIpc) is 2.72. The Kier molecular flexibility index (Phi) is 6.69. The van der Waals surface area contributed by atoms with E-state index in [9.17, 15) is 18.0 Å². The number of likely N-dealkylation sites (N-methyl/N-ethyl adjacent to an activating group) is 1. The predicted octanol–water partition coefficient (Wildman–Crippen LogP) is 4.37. The second kappa shape index (κ2) is 9.22. The number of rotatable bonds is 8. The number of aromatic nitrogens is 2. The summed E-state index contributed by atoms with van der Waals surface area (Å²) in [6.07, 6.45) is -1.43. The van der Waals surface area contributed by atoms with Gasteiger partial charge in [-0.15, -0.1) is 0 Å². The molecule has 7 heteroatoms. The van der Waals surface area contributed by atoms with Crippen molar-refractivity contribution in [2.24, 2.45) is 0 Å². The maximum absolute atomic E-state index is 12.8. The van der Waals surface area contributed by atoms with Crippen LogP contribution in [0, 0.1) is 0 Å². The number of hydrogen-bond donors (Lipinski definition) is 0. The summed E-state index contributed by atoms with van der Waals surface area (Å²) in [5, 5.41) is 0.604. The van der Waals surface area contributed by atoms with Gasteiger partial charge in [-0.1, -0.05) is 37.3 Å². The molecule has 0 fully saturated rings. The minimum atomic E-state index is -4.32. The van der Waals surface area contributed by atoms with Crippen molar-refractivity contribution in [2.45, 2.75) is 32.5 Å². The maximum atomic E-state index is 12.8. The Morgan fingerprint density at radius 3 is 2.62 bits per heavy atom. The van der Waals surface area contributed by atoms with Crippen LogP contribution in [0.15, 0.2) is 59.7 Å². The van der Waals surface area contributed by atoms with Gasteiger partial charge in [-0.3, -0.25) is 9.36 Å². The van der Waals surface area contributed by atoms with Gasteiger partial charge in [0.25, 0.3) is 5.56 Å². The fourth-order valence-corrected chi connectivity index (χ4v) is 3.35. The molecule has 29 heavy (non-hydrogen) atoms. The molecule has 0 spiro atoms. The average molecular weight is 403 g/mol. The second-order valence-corrected chi connectivity index (χ2v) is 7.00. The van der Waals surface area contributed by atoms with Crippen molar-refractivity contribution < 1.29 is 13.2 Å². The maximum Gasteiger partial charge on any atom is 0.416 e. The predicted molar refractivity (Wildman–Crippen MR) is 108 cm³/mol. The van der Waals surface area contributed by atoms with E-state index in [0.717, 1.165) is 25.6 Å². The van der Waals surface area contributed by atoms with Gasteiger partial charge in [0, 0.05) is 13.1 Å². The van der Waals surface area contributed by atoms with Gasteiger partial charge in [0.1, 0.15) is 0 Å². The molecule has 154 valence electrons. The fraction of sp³-hybridized carbons (Fsp3) is 0.364. The fourth-order valence-electron chi connectivity index (χ4n) is 3.35. The number of benzene rings is 2. The molecule has 1 aromatic heterocycles. The van der Waals surface area contributed by atoms with E-state index in [2.05, 4.69) is 9.88 Å². The van der Waals surface area contributed by atoms with Gasteiger partial charge >= 0.3 is 6.18 Å². The van der Waals surface area contributed by atoms with Crippen LogP contribution in [0.3, 0.4) is 0 Å². The summed E-state index contributed by atoms with van der Waals surface area (Å²) in [6.45, 7) is 4.80. The molecule has 0 saturated carbocycles. The lowest BCUT2D eigenvalue weighted by Crippen LogP contribution is -2.29. The topological polar surface area (TPSA) is 38.1 Å². The monoisotopic (exact) mass is 403 g/mol. The highest BCUT2D eigenvalue weighted by atomic mass is 19.4. The molecule has 0 N–H and O–H groups in total. The van der Waals surface area contributed by atoms with Gasteiger partial charge in [-0.25, -0.2) is 4.98 Å².